The summed E-state index contributed by atoms with van der Waals surface area (Å²) in [5.74, 6) is 0.898. The summed E-state index contributed by atoms with van der Waals surface area (Å²) < 4.78 is 0. The van der Waals surface area contributed by atoms with E-state index in [-0.39, 0.29) is 5.91 Å². The highest BCUT2D eigenvalue weighted by molar-refractivity contribution is 7.99. The molecule has 2 aromatic heterocycles. The highest BCUT2D eigenvalue weighted by Crippen LogP contribution is 2.27. The molecule has 0 unspecified atom stereocenters. The van der Waals surface area contributed by atoms with Crippen molar-refractivity contribution in [3.63, 3.8) is 0 Å². The van der Waals surface area contributed by atoms with E-state index in [0.717, 1.165) is 21.3 Å². The Bertz CT molecular complexity index is 738. The van der Waals surface area contributed by atoms with Crippen molar-refractivity contribution in [1.29, 1.82) is 0 Å². The maximum absolute atomic E-state index is 12.0. The summed E-state index contributed by atoms with van der Waals surface area (Å²) >= 11 is 5.00. The van der Waals surface area contributed by atoms with Gasteiger partial charge in [-0.3, -0.25) is 4.79 Å². The van der Waals surface area contributed by atoms with Gasteiger partial charge in [0, 0.05) is 22.6 Å². The molecule has 0 spiro atoms. The van der Waals surface area contributed by atoms with Crippen LogP contribution in [-0.2, 0) is 11.2 Å². The zero-order chi connectivity index (χ0) is 15.9. The zero-order valence-electron chi connectivity index (χ0n) is 12.4. The van der Waals surface area contributed by atoms with Crippen LogP contribution in [0.15, 0.2) is 58.1 Å². The fourth-order valence-electron chi connectivity index (χ4n) is 2.00. The van der Waals surface area contributed by atoms with E-state index in [9.17, 15) is 4.79 Å². The summed E-state index contributed by atoms with van der Waals surface area (Å²) in [6, 6.07) is 14.3. The number of thiophene rings is 1. The van der Waals surface area contributed by atoms with Crippen molar-refractivity contribution in [2.75, 3.05) is 12.3 Å². The maximum atomic E-state index is 12.0. The molecule has 0 aliphatic carbocycles. The Morgan fingerprint density at radius 1 is 1.13 bits per heavy atom. The molecule has 0 atom stereocenters. The van der Waals surface area contributed by atoms with E-state index >= 15 is 0 Å². The first-order chi connectivity index (χ1) is 11.3. The Balaban J connectivity index is 1.41. The molecule has 118 valence electrons. The van der Waals surface area contributed by atoms with Crippen molar-refractivity contribution in [2.45, 2.75) is 11.3 Å². The van der Waals surface area contributed by atoms with Crippen LogP contribution in [0.5, 0.6) is 0 Å². The molecular weight excluding hydrogens is 344 g/mol. The van der Waals surface area contributed by atoms with Gasteiger partial charge in [-0.05, 0) is 23.6 Å². The van der Waals surface area contributed by atoms with Crippen LogP contribution < -0.4 is 5.32 Å². The fraction of sp³-hybridized carbons (Fsp3) is 0.176. The summed E-state index contributed by atoms with van der Waals surface area (Å²) in [6.07, 6.45) is 0.345. The number of rotatable bonds is 7. The number of nitrogens with one attached hydrogen (secondary N) is 1. The number of carbonyl (C=O) groups excluding carboxylic acids is 1. The summed E-state index contributed by atoms with van der Waals surface area (Å²) in [4.78, 5) is 18.9. The lowest BCUT2D eigenvalue weighted by molar-refractivity contribution is -0.120. The van der Waals surface area contributed by atoms with E-state index in [2.05, 4.69) is 22.4 Å². The van der Waals surface area contributed by atoms with Gasteiger partial charge in [-0.25, -0.2) is 4.98 Å². The summed E-state index contributed by atoms with van der Waals surface area (Å²) in [5.41, 5.74) is 0.839. The van der Waals surface area contributed by atoms with Crippen LogP contribution in [0.1, 0.15) is 5.69 Å². The van der Waals surface area contributed by atoms with E-state index < -0.39 is 0 Å². The molecule has 0 saturated carbocycles. The van der Waals surface area contributed by atoms with Crippen LogP contribution in [0.2, 0.25) is 0 Å². The van der Waals surface area contributed by atoms with Gasteiger partial charge >= 0.3 is 0 Å². The number of hydrogen-bond donors (Lipinski definition) is 1. The minimum absolute atomic E-state index is 0.0293. The molecule has 0 fully saturated rings. The first-order valence-corrected chi connectivity index (χ1v) is 9.98. The summed E-state index contributed by atoms with van der Waals surface area (Å²) in [6.45, 7) is 0.667. The molecule has 0 radical (unpaired) electrons. The molecule has 3 rings (SSSR count). The number of nitrogens with zero attached hydrogens (tertiary/aromatic N) is 1. The molecule has 1 aromatic carbocycles. The second-order valence-corrected chi connectivity index (χ2v) is 7.78. The lowest BCUT2D eigenvalue weighted by Crippen LogP contribution is -2.27. The number of benzene rings is 1. The maximum Gasteiger partial charge on any atom is 0.226 e. The topological polar surface area (TPSA) is 42.0 Å². The lowest BCUT2D eigenvalue weighted by Gasteiger charge is -2.04. The van der Waals surface area contributed by atoms with Gasteiger partial charge in [-0.1, -0.05) is 24.3 Å². The molecule has 0 bridgehead atoms. The average molecular weight is 361 g/mol. The first kappa shape index (κ1) is 16.2. The predicted octanol–water partition coefficient (Wildman–Crippen LogP) is 4.32. The van der Waals surface area contributed by atoms with E-state index in [4.69, 9.17) is 0 Å². The number of hydrogen-bond acceptors (Lipinski definition) is 5. The van der Waals surface area contributed by atoms with Crippen molar-refractivity contribution in [2.24, 2.45) is 0 Å². The predicted molar refractivity (Wildman–Crippen MR) is 99.3 cm³/mol. The highest BCUT2D eigenvalue weighted by atomic mass is 32.2. The van der Waals surface area contributed by atoms with Crippen LogP contribution in [0, 0.1) is 0 Å². The zero-order valence-corrected chi connectivity index (χ0v) is 14.8. The van der Waals surface area contributed by atoms with Crippen molar-refractivity contribution in [1.82, 2.24) is 10.3 Å². The molecule has 2 heterocycles. The van der Waals surface area contributed by atoms with Gasteiger partial charge in [0.2, 0.25) is 5.91 Å². The molecule has 0 saturated heterocycles. The molecule has 3 nitrogen and oxygen atoms in total. The third-order valence-corrected chi connectivity index (χ3v) is 6.01. The van der Waals surface area contributed by atoms with Gasteiger partial charge in [0.25, 0.3) is 0 Å². The molecular formula is C17H16N2OS3. The SMILES string of the molecule is O=C(Cc1csc(-c2cccs2)n1)NCCSc1ccccc1. The molecule has 23 heavy (non-hydrogen) atoms. The third-order valence-electron chi connectivity index (χ3n) is 3.06. The number of thiazole rings is 1. The van der Waals surface area contributed by atoms with Gasteiger partial charge in [0.1, 0.15) is 5.01 Å². The van der Waals surface area contributed by atoms with Gasteiger partial charge < -0.3 is 5.32 Å². The van der Waals surface area contributed by atoms with E-state index in [1.807, 2.05) is 41.1 Å². The van der Waals surface area contributed by atoms with Gasteiger partial charge in [-0.15, -0.1) is 34.4 Å². The lowest BCUT2D eigenvalue weighted by atomic mass is 10.3. The van der Waals surface area contributed by atoms with E-state index in [0.29, 0.717) is 13.0 Å². The fourth-order valence-corrected chi connectivity index (χ4v) is 4.43. The van der Waals surface area contributed by atoms with Crippen molar-refractivity contribution in [3.8, 4) is 9.88 Å². The first-order valence-electron chi connectivity index (χ1n) is 7.24. The van der Waals surface area contributed by atoms with Crippen molar-refractivity contribution >= 4 is 40.3 Å². The Morgan fingerprint density at radius 2 is 2.00 bits per heavy atom. The van der Waals surface area contributed by atoms with Crippen molar-refractivity contribution < 1.29 is 4.79 Å². The molecule has 6 heteroatoms. The third kappa shape index (κ3) is 4.92. The minimum atomic E-state index is 0.0293. The standard InChI is InChI=1S/C17H16N2OS3/c20-16(18-8-10-21-14-5-2-1-3-6-14)11-13-12-23-17(19-13)15-7-4-9-22-15/h1-7,9,12H,8,10-11H2,(H,18,20). The second-order valence-electron chi connectivity index (χ2n) is 4.81. The minimum Gasteiger partial charge on any atom is -0.355 e. The summed E-state index contributed by atoms with van der Waals surface area (Å²) in [7, 11) is 0. The monoisotopic (exact) mass is 360 g/mol. The highest BCUT2D eigenvalue weighted by Gasteiger charge is 2.09. The van der Waals surface area contributed by atoms with E-state index in [1.165, 1.54) is 4.90 Å². The Hall–Kier alpha value is -1.63. The number of thioether (sulfide) groups is 1. The quantitative estimate of drug-likeness (QED) is 0.504. The van der Waals surface area contributed by atoms with Crippen LogP contribution >= 0.6 is 34.4 Å². The molecule has 1 amide bonds. The average Bonchev–Trinajstić information content (AvgIpc) is 3.24. The molecule has 0 aliphatic heterocycles. The largest absolute Gasteiger partial charge is 0.355 e. The van der Waals surface area contributed by atoms with Crippen LogP contribution in [0.3, 0.4) is 0 Å². The summed E-state index contributed by atoms with van der Waals surface area (Å²) in [5, 5.41) is 7.94. The number of aromatic nitrogens is 1. The molecule has 1 N–H and O–H groups in total. The Kier molecular flexibility index (Phi) is 5.85. The number of amides is 1. The van der Waals surface area contributed by atoms with Crippen LogP contribution in [-0.4, -0.2) is 23.2 Å². The number of carbonyl (C=O) groups is 1. The van der Waals surface area contributed by atoms with Crippen LogP contribution in [0.25, 0.3) is 9.88 Å². The Labute approximate surface area is 147 Å². The van der Waals surface area contributed by atoms with E-state index in [1.54, 1.807) is 34.4 Å². The second kappa shape index (κ2) is 8.29. The Morgan fingerprint density at radius 3 is 2.78 bits per heavy atom. The van der Waals surface area contributed by atoms with Gasteiger partial charge in [0.15, 0.2) is 0 Å². The van der Waals surface area contributed by atoms with Gasteiger partial charge in [0.05, 0.1) is 17.0 Å². The molecule has 3 aromatic rings. The van der Waals surface area contributed by atoms with Gasteiger partial charge in [-0.2, -0.15) is 0 Å². The van der Waals surface area contributed by atoms with Crippen molar-refractivity contribution in [3.05, 3.63) is 58.9 Å². The molecule has 0 aliphatic rings. The van der Waals surface area contributed by atoms with Crippen LogP contribution in [0.4, 0.5) is 0 Å². The normalized spacial score (nSPS) is 10.6. The smallest absolute Gasteiger partial charge is 0.226 e.